The van der Waals surface area contributed by atoms with E-state index >= 15 is 0 Å². The van der Waals surface area contributed by atoms with Crippen molar-refractivity contribution in [3.63, 3.8) is 0 Å². The van der Waals surface area contributed by atoms with Crippen LogP contribution in [0.5, 0.6) is 0 Å². The Morgan fingerprint density at radius 2 is 2.08 bits per heavy atom. The molecule has 70 valence electrons. The second kappa shape index (κ2) is 6.05. The van der Waals surface area contributed by atoms with Gasteiger partial charge in [-0.3, -0.25) is 0 Å². The number of aliphatic hydroxyl groups excluding tert-OH is 1. The van der Waals surface area contributed by atoms with Gasteiger partial charge in [-0.1, -0.05) is 19.3 Å². The minimum absolute atomic E-state index is 0.171. The SMILES string of the molecule is CCCC(C)(O)C#CCCCO. The lowest BCUT2D eigenvalue weighted by atomic mass is 10.0. The van der Waals surface area contributed by atoms with Gasteiger partial charge in [0.1, 0.15) is 5.60 Å². The van der Waals surface area contributed by atoms with Crippen LogP contribution in [-0.4, -0.2) is 22.4 Å². The highest BCUT2D eigenvalue weighted by Crippen LogP contribution is 2.09. The molecule has 0 amide bonds. The predicted octanol–water partition coefficient (Wildman–Crippen LogP) is 1.31. The summed E-state index contributed by atoms with van der Waals surface area (Å²) in [5.41, 5.74) is -0.843. The van der Waals surface area contributed by atoms with E-state index in [1.54, 1.807) is 6.92 Å². The maximum absolute atomic E-state index is 9.58. The van der Waals surface area contributed by atoms with Crippen molar-refractivity contribution >= 4 is 0 Å². The molecule has 1 unspecified atom stereocenters. The van der Waals surface area contributed by atoms with Gasteiger partial charge in [0.15, 0.2) is 0 Å². The molecule has 0 aliphatic carbocycles. The molecule has 0 saturated carbocycles. The van der Waals surface area contributed by atoms with Crippen LogP contribution in [0.2, 0.25) is 0 Å². The van der Waals surface area contributed by atoms with E-state index in [4.69, 9.17) is 5.11 Å². The lowest BCUT2D eigenvalue weighted by Gasteiger charge is -2.13. The first kappa shape index (κ1) is 11.5. The van der Waals surface area contributed by atoms with E-state index in [2.05, 4.69) is 11.8 Å². The topological polar surface area (TPSA) is 40.5 Å². The molecular weight excluding hydrogens is 152 g/mol. The Balaban J connectivity index is 3.74. The summed E-state index contributed by atoms with van der Waals surface area (Å²) in [5, 5.41) is 18.0. The Bertz CT molecular complexity index is 162. The molecule has 0 aliphatic rings. The Morgan fingerprint density at radius 3 is 2.58 bits per heavy atom. The van der Waals surface area contributed by atoms with Crippen molar-refractivity contribution in [2.75, 3.05) is 6.61 Å². The molecule has 0 fully saturated rings. The molecule has 0 aromatic rings. The molecule has 12 heavy (non-hydrogen) atoms. The van der Waals surface area contributed by atoms with Gasteiger partial charge >= 0.3 is 0 Å². The van der Waals surface area contributed by atoms with Crippen molar-refractivity contribution < 1.29 is 10.2 Å². The zero-order chi connectivity index (χ0) is 9.45. The fourth-order valence-electron chi connectivity index (χ4n) is 0.970. The summed E-state index contributed by atoms with van der Waals surface area (Å²) in [7, 11) is 0. The first-order chi connectivity index (χ1) is 5.62. The van der Waals surface area contributed by atoms with E-state index in [0.717, 1.165) is 6.42 Å². The summed E-state index contributed by atoms with van der Waals surface area (Å²) < 4.78 is 0. The summed E-state index contributed by atoms with van der Waals surface area (Å²) in [6.45, 7) is 3.91. The lowest BCUT2D eigenvalue weighted by Crippen LogP contribution is -2.20. The van der Waals surface area contributed by atoms with E-state index < -0.39 is 5.60 Å². The van der Waals surface area contributed by atoms with Crippen LogP contribution in [0.4, 0.5) is 0 Å². The van der Waals surface area contributed by atoms with Gasteiger partial charge in [-0.25, -0.2) is 0 Å². The highest BCUT2D eigenvalue weighted by atomic mass is 16.3. The number of rotatable bonds is 4. The minimum atomic E-state index is -0.843. The molecule has 0 spiro atoms. The summed E-state index contributed by atoms with van der Waals surface area (Å²) >= 11 is 0. The minimum Gasteiger partial charge on any atom is -0.396 e. The molecule has 0 bridgehead atoms. The Kier molecular flexibility index (Phi) is 5.79. The third-order valence-electron chi connectivity index (χ3n) is 1.55. The van der Waals surface area contributed by atoms with E-state index in [1.807, 2.05) is 6.92 Å². The normalized spacial score (nSPS) is 14.7. The average Bonchev–Trinajstić information content (AvgIpc) is 1.98. The largest absolute Gasteiger partial charge is 0.396 e. The highest BCUT2D eigenvalue weighted by Gasteiger charge is 2.13. The summed E-state index contributed by atoms with van der Waals surface area (Å²) in [5.74, 6) is 5.64. The van der Waals surface area contributed by atoms with Crippen molar-refractivity contribution in [2.45, 2.75) is 45.1 Å². The van der Waals surface area contributed by atoms with Crippen molar-refractivity contribution in [1.82, 2.24) is 0 Å². The summed E-state index contributed by atoms with van der Waals surface area (Å²) in [4.78, 5) is 0. The molecule has 2 N–H and O–H groups in total. The fraction of sp³-hybridized carbons (Fsp3) is 0.800. The van der Waals surface area contributed by atoms with Crippen LogP contribution in [0.3, 0.4) is 0 Å². The van der Waals surface area contributed by atoms with E-state index in [1.165, 1.54) is 0 Å². The number of hydrogen-bond acceptors (Lipinski definition) is 2. The Hall–Kier alpha value is -0.520. The molecule has 0 aromatic carbocycles. The van der Waals surface area contributed by atoms with Crippen LogP contribution >= 0.6 is 0 Å². The third kappa shape index (κ3) is 6.21. The summed E-state index contributed by atoms with van der Waals surface area (Å²) in [6, 6.07) is 0. The number of aliphatic hydroxyl groups is 2. The summed E-state index contributed by atoms with van der Waals surface area (Å²) in [6.07, 6.45) is 2.99. The van der Waals surface area contributed by atoms with Crippen LogP contribution in [0, 0.1) is 11.8 Å². The Labute approximate surface area is 74.6 Å². The first-order valence-electron chi connectivity index (χ1n) is 4.45. The fourth-order valence-corrected chi connectivity index (χ4v) is 0.970. The molecule has 0 radical (unpaired) electrons. The second-order valence-electron chi connectivity index (χ2n) is 3.15. The van der Waals surface area contributed by atoms with Crippen molar-refractivity contribution in [1.29, 1.82) is 0 Å². The monoisotopic (exact) mass is 170 g/mol. The smallest absolute Gasteiger partial charge is 0.122 e. The molecule has 2 heteroatoms. The van der Waals surface area contributed by atoms with Crippen molar-refractivity contribution in [2.24, 2.45) is 0 Å². The molecule has 1 atom stereocenters. The maximum atomic E-state index is 9.58. The van der Waals surface area contributed by atoms with Crippen molar-refractivity contribution in [3.8, 4) is 11.8 Å². The zero-order valence-corrected chi connectivity index (χ0v) is 7.93. The molecular formula is C10H18O2. The molecule has 0 aromatic heterocycles. The van der Waals surface area contributed by atoms with Gasteiger partial charge in [-0.05, 0) is 19.8 Å². The number of unbranched alkanes of at least 4 members (excludes halogenated alkanes) is 1. The molecule has 0 rings (SSSR count). The van der Waals surface area contributed by atoms with Crippen molar-refractivity contribution in [3.05, 3.63) is 0 Å². The van der Waals surface area contributed by atoms with Crippen LogP contribution in [0.25, 0.3) is 0 Å². The molecule has 0 heterocycles. The van der Waals surface area contributed by atoms with Gasteiger partial charge in [-0.2, -0.15) is 0 Å². The van der Waals surface area contributed by atoms with Gasteiger partial charge in [0, 0.05) is 13.0 Å². The van der Waals surface area contributed by atoms with Crippen LogP contribution in [0.1, 0.15) is 39.5 Å². The highest BCUT2D eigenvalue weighted by molar-refractivity contribution is 5.11. The van der Waals surface area contributed by atoms with Crippen LogP contribution < -0.4 is 0 Å². The molecule has 0 saturated heterocycles. The van der Waals surface area contributed by atoms with Gasteiger partial charge in [0.25, 0.3) is 0 Å². The number of hydrogen-bond donors (Lipinski definition) is 2. The van der Waals surface area contributed by atoms with Gasteiger partial charge in [0.05, 0.1) is 0 Å². The zero-order valence-electron chi connectivity index (χ0n) is 7.93. The van der Waals surface area contributed by atoms with Gasteiger partial charge < -0.3 is 10.2 Å². The van der Waals surface area contributed by atoms with E-state index in [0.29, 0.717) is 19.3 Å². The molecule has 0 aliphatic heterocycles. The Morgan fingerprint density at radius 1 is 1.42 bits per heavy atom. The van der Waals surface area contributed by atoms with E-state index in [-0.39, 0.29) is 6.61 Å². The second-order valence-corrected chi connectivity index (χ2v) is 3.15. The lowest BCUT2D eigenvalue weighted by molar-refractivity contribution is 0.111. The standard InChI is InChI=1S/C10H18O2/c1-3-7-10(2,12)8-5-4-6-9-11/h11-12H,3-4,6-7,9H2,1-2H3. The van der Waals surface area contributed by atoms with Gasteiger partial charge in [0.2, 0.25) is 0 Å². The van der Waals surface area contributed by atoms with E-state index in [9.17, 15) is 5.11 Å². The van der Waals surface area contributed by atoms with Gasteiger partial charge in [-0.15, -0.1) is 5.92 Å². The maximum Gasteiger partial charge on any atom is 0.122 e. The first-order valence-corrected chi connectivity index (χ1v) is 4.45. The van der Waals surface area contributed by atoms with Crippen LogP contribution in [0.15, 0.2) is 0 Å². The molecule has 2 nitrogen and oxygen atoms in total. The average molecular weight is 170 g/mol. The van der Waals surface area contributed by atoms with Crippen LogP contribution in [-0.2, 0) is 0 Å². The quantitative estimate of drug-likeness (QED) is 0.493. The predicted molar refractivity (Wildman–Crippen MR) is 49.6 cm³/mol. The third-order valence-corrected chi connectivity index (χ3v) is 1.55.